The van der Waals surface area contributed by atoms with Gasteiger partial charge in [0.1, 0.15) is 0 Å². The summed E-state index contributed by atoms with van der Waals surface area (Å²) in [5, 5.41) is 13.6. The lowest BCUT2D eigenvalue weighted by Gasteiger charge is -2.37. The fourth-order valence-electron chi connectivity index (χ4n) is 2.34. The Hall–Kier alpha value is -0.120. The van der Waals surface area contributed by atoms with Crippen molar-refractivity contribution in [1.29, 1.82) is 0 Å². The van der Waals surface area contributed by atoms with Gasteiger partial charge in [0.05, 0.1) is 5.60 Å². The summed E-state index contributed by atoms with van der Waals surface area (Å²) >= 11 is 0. The lowest BCUT2D eigenvalue weighted by Crippen LogP contribution is -2.47. The number of aliphatic hydroxyl groups is 1. The van der Waals surface area contributed by atoms with Crippen LogP contribution in [0, 0.1) is 5.41 Å². The first-order chi connectivity index (χ1) is 8.28. The van der Waals surface area contributed by atoms with Crippen LogP contribution in [0.25, 0.3) is 0 Å². The molecule has 0 aliphatic heterocycles. The molecule has 0 radical (unpaired) electrons. The third-order valence-electron chi connectivity index (χ3n) is 3.91. The summed E-state index contributed by atoms with van der Waals surface area (Å²) in [5.74, 6) is 0. The number of rotatable bonds is 9. The Bertz CT molecular complexity index is 245. The first kappa shape index (κ1) is 15.9. The highest BCUT2D eigenvalue weighted by molar-refractivity contribution is 4.87. The molecule has 0 bridgehead atoms. The number of nitrogens with zero attached hydrogens (tertiary/aromatic N) is 1. The average Bonchev–Trinajstić information content (AvgIpc) is 3.07. The van der Waals surface area contributed by atoms with E-state index < -0.39 is 5.60 Å². The quantitative estimate of drug-likeness (QED) is 0.664. The molecule has 0 saturated heterocycles. The molecular weight excluding hydrogens is 224 g/mol. The van der Waals surface area contributed by atoms with Crippen LogP contribution in [0.5, 0.6) is 0 Å². The standard InChI is InChI=1S/C15H32N2O/c1-6-15(5,10-16-13-8-9-13)12-17(7-2)11-14(3,4)18/h13,16,18H,6-12H2,1-5H3. The zero-order valence-electron chi connectivity index (χ0n) is 12.9. The van der Waals surface area contributed by atoms with Crippen LogP contribution in [0.3, 0.4) is 0 Å². The molecule has 18 heavy (non-hydrogen) atoms. The van der Waals surface area contributed by atoms with E-state index in [1.165, 1.54) is 19.3 Å². The Morgan fingerprint density at radius 2 is 1.78 bits per heavy atom. The van der Waals surface area contributed by atoms with Gasteiger partial charge < -0.3 is 15.3 Å². The largest absolute Gasteiger partial charge is 0.389 e. The van der Waals surface area contributed by atoms with E-state index in [-0.39, 0.29) is 0 Å². The minimum atomic E-state index is -0.603. The van der Waals surface area contributed by atoms with Gasteiger partial charge in [-0.15, -0.1) is 0 Å². The maximum atomic E-state index is 9.96. The van der Waals surface area contributed by atoms with Crippen LogP contribution in [-0.2, 0) is 0 Å². The van der Waals surface area contributed by atoms with E-state index in [1.54, 1.807) is 0 Å². The van der Waals surface area contributed by atoms with E-state index in [0.717, 1.165) is 32.2 Å². The topological polar surface area (TPSA) is 35.5 Å². The number of hydrogen-bond donors (Lipinski definition) is 2. The molecule has 0 aromatic rings. The molecule has 1 atom stereocenters. The van der Waals surface area contributed by atoms with Gasteiger partial charge in [-0.25, -0.2) is 0 Å². The zero-order chi connectivity index (χ0) is 13.8. The van der Waals surface area contributed by atoms with Gasteiger partial charge in [-0.1, -0.05) is 20.8 Å². The van der Waals surface area contributed by atoms with Crippen LogP contribution in [0.15, 0.2) is 0 Å². The Morgan fingerprint density at radius 1 is 1.17 bits per heavy atom. The lowest BCUT2D eigenvalue weighted by atomic mass is 9.86. The molecule has 0 amide bonds. The van der Waals surface area contributed by atoms with Crippen molar-refractivity contribution in [2.75, 3.05) is 26.2 Å². The van der Waals surface area contributed by atoms with E-state index in [2.05, 4.69) is 31.0 Å². The summed E-state index contributed by atoms with van der Waals surface area (Å²) in [6.45, 7) is 14.5. The normalized spacial score (nSPS) is 20.2. The Labute approximate surface area is 113 Å². The molecule has 1 rings (SSSR count). The molecule has 0 aromatic carbocycles. The lowest BCUT2D eigenvalue weighted by molar-refractivity contribution is 0.0232. The van der Waals surface area contributed by atoms with Gasteiger partial charge in [-0.05, 0) is 45.1 Å². The van der Waals surface area contributed by atoms with Crippen LogP contribution in [0.2, 0.25) is 0 Å². The first-order valence-corrected chi connectivity index (χ1v) is 7.46. The molecule has 1 aliphatic rings. The van der Waals surface area contributed by atoms with Gasteiger partial charge in [0, 0.05) is 25.7 Å². The van der Waals surface area contributed by atoms with Crippen molar-refractivity contribution in [3.8, 4) is 0 Å². The van der Waals surface area contributed by atoms with Gasteiger partial charge in [-0.2, -0.15) is 0 Å². The molecule has 3 nitrogen and oxygen atoms in total. The van der Waals surface area contributed by atoms with Crippen LogP contribution in [-0.4, -0.2) is 47.8 Å². The van der Waals surface area contributed by atoms with Crippen molar-refractivity contribution in [1.82, 2.24) is 10.2 Å². The molecule has 0 aromatic heterocycles. The summed E-state index contributed by atoms with van der Waals surface area (Å²) in [7, 11) is 0. The predicted octanol–water partition coefficient (Wildman–Crippen LogP) is 2.25. The Balaban J connectivity index is 2.46. The van der Waals surface area contributed by atoms with E-state index in [0.29, 0.717) is 5.41 Å². The van der Waals surface area contributed by atoms with Crippen molar-refractivity contribution >= 4 is 0 Å². The third kappa shape index (κ3) is 6.17. The van der Waals surface area contributed by atoms with Crippen molar-refractivity contribution in [3.05, 3.63) is 0 Å². The molecule has 108 valence electrons. The fraction of sp³-hybridized carbons (Fsp3) is 1.00. The highest BCUT2D eigenvalue weighted by Crippen LogP contribution is 2.26. The first-order valence-electron chi connectivity index (χ1n) is 7.46. The van der Waals surface area contributed by atoms with Crippen LogP contribution < -0.4 is 5.32 Å². The van der Waals surface area contributed by atoms with E-state index >= 15 is 0 Å². The van der Waals surface area contributed by atoms with Crippen molar-refractivity contribution in [3.63, 3.8) is 0 Å². The van der Waals surface area contributed by atoms with Crippen molar-refractivity contribution in [2.45, 2.75) is 65.5 Å². The number of nitrogens with one attached hydrogen (secondary N) is 1. The number of likely N-dealkylation sites (N-methyl/N-ethyl adjacent to an activating group) is 1. The minimum absolute atomic E-state index is 0.309. The second kappa shape index (κ2) is 6.36. The van der Waals surface area contributed by atoms with Crippen LogP contribution >= 0.6 is 0 Å². The van der Waals surface area contributed by atoms with E-state index in [4.69, 9.17) is 0 Å². The maximum absolute atomic E-state index is 9.96. The van der Waals surface area contributed by atoms with Gasteiger partial charge >= 0.3 is 0 Å². The van der Waals surface area contributed by atoms with Gasteiger partial charge in [0.2, 0.25) is 0 Å². The second-order valence-corrected chi connectivity index (χ2v) is 6.94. The second-order valence-electron chi connectivity index (χ2n) is 6.94. The van der Waals surface area contributed by atoms with Crippen LogP contribution in [0.1, 0.15) is 53.9 Å². The van der Waals surface area contributed by atoms with Gasteiger partial charge in [0.25, 0.3) is 0 Å². The summed E-state index contributed by atoms with van der Waals surface area (Å²) in [5.41, 5.74) is -0.293. The minimum Gasteiger partial charge on any atom is -0.389 e. The highest BCUT2D eigenvalue weighted by Gasteiger charge is 2.30. The zero-order valence-corrected chi connectivity index (χ0v) is 12.9. The molecular formula is C15H32N2O. The van der Waals surface area contributed by atoms with E-state index in [1.807, 2.05) is 13.8 Å². The molecule has 1 saturated carbocycles. The molecule has 0 heterocycles. The monoisotopic (exact) mass is 256 g/mol. The molecule has 1 fully saturated rings. The molecule has 3 heteroatoms. The highest BCUT2D eigenvalue weighted by atomic mass is 16.3. The molecule has 1 aliphatic carbocycles. The van der Waals surface area contributed by atoms with Gasteiger partial charge in [-0.3, -0.25) is 0 Å². The third-order valence-corrected chi connectivity index (χ3v) is 3.91. The SMILES string of the molecule is CCN(CC(C)(C)O)CC(C)(CC)CNC1CC1. The number of hydrogen-bond acceptors (Lipinski definition) is 3. The van der Waals surface area contributed by atoms with Crippen molar-refractivity contribution < 1.29 is 5.11 Å². The Kier molecular flexibility index (Phi) is 5.63. The summed E-state index contributed by atoms with van der Waals surface area (Å²) in [6, 6.07) is 0.778. The molecule has 1 unspecified atom stereocenters. The fourth-order valence-corrected chi connectivity index (χ4v) is 2.34. The van der Waals surface area contributed by atoms with E-state index in [9.17, 15) is 5.11 Å². The predicted molar refractivity (Wildman–Crippen MR) is 77.8 cm³/mol. The maximum Gasteiger partial charge on any atom is 0.0718 e. The molecule has 0 spiro atoms. The molecule has 2 N–H and O–H groups in total. The smallest absolute Gasteiger partial charge is 0.0718 e. The summed E-state index contributed by atoms with van der Waals surface area (Å²) in [4.78, 5) is 2.37. The van der Waals surface area contributed by atoms with Crippen LogP contribution in [0.4, 0.5) is 0 Å². The Morgan fingerprint density at radius 3 is 2.17 bits per heavy atom. The van der Waals surface area contributed by atoms with Gasteiger partial charge in [0.15, 0.2) is 0 Å². The summed E-state index contributed by atoms with van der Waals surface area (Å²) < 4.78 is 0. The van der Waals surface area contributed by atoms with Crippen molar-refractivity contribution in [2.24, 2.45) is 5.41 Å². The average molecular weight is 256 g/mol. The summed E-state index contributed by atoms with van der Waals surface area (Å²) in [6.07, 6.45) is 3.87.